The van der Waals surface area contributed by atoms with E-state index in [9.17, 15) is 0 Å². The van der Waals surface area contributed by atoms with Gasteiger partial charge in [-0.2, -0.15) is 0 Å². The summed E-state index contributed by atoms with van der Waals surface area (Å²) in [5.74, 6) is 1.12. The summed E-state index contributed by atoms with van der Waals surface area (Å²) in [6.45, 7) is 2.32. The molecule has 1 aliphatic rings. The largest absolute Gasteiger partial charge is 0.376 e. The molecule has 0 bridgehead atoms. The van der Waals surface area contributed by atoms with Gasteiger partial charge in [0.25, 0.3) is 0 Å². The highest BCUT2D eigenvalue weighted by Gasteiger charge is 2.12. The molecule has 1 aliphatic heterocycles. The molecular formula is C11H17N3. The van der Waals surface area contributed by atoms with Crippen LogP contribution in [0.2, 0.25) is 0 Å². The molecule has 0 amide bonds. The molecule has 2 rings (SSSR count). The third-order valence-electron chi connectivity index (χ3n) is 2.68. The van der Waals surface area contributed by atoms with E-state index in [0.29, 0.717) is 0 Å². The number of hydrogen-bond donors (Lipinski definition) is 0. The normalized spacial score (nSPS) is 16.0. The monoisotopic (exact) mass is 191 g/mol. The summed E-state index contributed by atoms with van der Waals surface area (Å²) in [7, 11) is 4.07. The van der Waals surface area contributed by atoms with E-state index in [-0.39, 0.29) is 0 Å². The maximum absolute atomic E-state index is 4.47. The van der Waals surface area contributed by atoms with E-state index in [4.69, 9.17) is 0 Å². The van der Waals surface area contributed by atoms with Crippen molar-refractivity contribution in [2.45, 2.75) is 12.8 Å². The molecule has 0 atom stereocenters. The molecule has 1 aromatic rings. The van der Waals surface area contributed by atoms with Crippen molar-refractivity contribution in [3.63, 3.8) is 0 Å². The summed E-state index contributed by atoms with van der Waals surface area (Å²) in [6.07, 6.45) is 4.54. The highest BCUT2D eigenvalue weighted by molar-refractivity contribution is 5.49. The van der Waals surface area contributed by atoms with Gasteiger partial charge in [-0.1, -0.05) is 0 Å². The molecule has 2 heterocycles. The predicted octanol–water partition coefficient (Wildman–Crippen LogP) is 1.75. The van der Waals surface area contributed by atoms with E-state index >= 15 is 0 Å². The van der Waals surface area contributed by atoms with Crippen LogP contribution < -0.4 is 9.80 Å². The van der Waals surface area contributed by atoms with Crippen LogP contribution in [0, 0.1) is 0 Å². The first-order chi connectivity index (χ1) is 6.77. The summed E-state index contributed by atoms with van der Waals surface area (Å²) in [4.78, 5) is 8.88. The highest BCUT2D eigenvalue weighted by Crippen LogP contribution is 2.19. The minimum atomic E-state index is 1.12. The van der Waals surface area contributed by atoms with Crippen LogP contribution in [0.1, 0.15) is 12.8 Å². The Morgan fingerprint density at radius 3 is 2.43 bits per heavy atom. The van der Waals surface area contributed by atoms with Gasteiger partial charge in [-0.05, 0) is 25.0 Å². The quantitative estimate of drug-likeness (QED) is 0.710. The molecule has 1 saturated heterocycles. The SMILES string of the molecule is CN(C)c1ccc(N2CCCC2)nc1. The fourth-order valence-electron chi connectivity index (χ4n) is 1.78. The Hall–Kier alpha value is -1.25. The Labute approximate surface area is 85.4 Å². The molecule has 0 aliphatic carbocycles. The van der Waals surface area contributed by atoms with Crippen molar-refractivity contribution in [1.29, 1.82) is 0 Å². The summed E-state index contributed by atoms with van der Waals surface area (Å²) < 4.78 is 0. The van der Waals surface area contributed by atoms with E-state index in [0.717, 1.165) is 24.6 Å². The fraction of sp³-hybridized carbons (Fsp3) is 0.545. The Balaban J connectivity index is 2.12. The van der Waals surface area contributed by atoms with Crippen molar-refractivity contribution in [3.8, 4) is 0 Å². The second-order valence-corrected chi connectivity index (χ2v) is 3.96. The third-order valence-corrected chi connectivity index (χ3v) is 2.68. The van der Waals surface area contributed by atoms with Gasteiger partial charge in [-0.3, -0.25) is 0 Å². The zero-order valence-electron chi connectivity index (χ0n) is 8.90. The van der Waals surface area contributed by atoms with Crippen molar-refractivity contribution in [2.75, 3.05) is 37.0 Å². The third kappa shape index (κ3) is 1.81. The number of pyridine rings is 1. The molecule has 3 nitrogen and oxygen atoms in total. The van der Waals surface area contributed by atoms with Crippen molar-refractivity contribution in [3.05, 3.63) is 18.3 Å². The average molecular weight is 191 g/mol. The van der Waals surface area contributed by atoms with E-state index in [2.05, 4.69) is 26.9 Å². The first-order valence-corrected chi connectivity index (χ1v) is 5.16. The lowest BCUT2D eigenvalue weighted by Gasteiger charge is -2.18. The lowest BCUT2D eigenvalue weighted by Crippen LogP contribution is -2.19. The fourth-order valence-corrected chi connectivity index (χ4v) is 1.78. The van der Waals surface area contributed by atoms with Crippen LogP contribution in [0.25, 0.3) is 0 Å². The summed E-state index contributed by atoms with van der Waals surface area (Å²) in [5, 5.41) is 0. The summed E-state index contributed by atoms with van der Waals surface area (Å²) >= 11 is 0. The number of anilines is 2. The molecule has 0 saturated carbocycles. The molecule has 0 N–H and O–H groups in total. The number of nitrogens with zero attached hydrogens (tertiary/aromatic N) is 3. The van der Waals surface area contributed by atoms with Gasteiger partial charge < -0.3 is 9.80 Å². The molecular weight excluding hydrogens is 174 g/mol. The Bertz CT molecular complexity index is 286. The highest BCUT2D eigenvalue weighted by atomic mass is 15.2. The molecule has 0 unspecified atom stereocenters. The number of rotatable bonds is 2. The van der Waals surface area contributed by atoms with Crippen LogP contribution in [0.5, 0.6) is 0 Å². The maximum Gasteiger partial charge on any atom is 0.128 e. The van der Waals surface area contributed by atoms with Crippen molar-refractivity contribution >= 4 is 11.5 Å². The lowest BCUT2D eigenvalue weighted by atomic mass is 10.3. The van der Waals surface area contributed by atoms with Crippen LogP contribution in [-0.4, -0.2) is 32.2 Å². The van der Waals surface area contributed by atoms with Gasteiger partial charge in [-0.25, -0.2) is 4.98 Å². The van der Waals surface area contributed by atoms with Crippen molar-refractivity contribution < 1.29 is 0 Å². The molecule has 0 radical (unpaired) electrons. The van der Waals surface area contributed by atoms with Crippen molar-refractivity contribution in [2.24, 2.45) is 0 Å². The van der Waals surface area contributed by atoms with Crippen LogP contribution in [0.15, 0.2) is 18.3 Å². The van der Waals surface area contributed by atoms with Gasteiger partial charge in [0.15, 0.2) is 0 Å². The molecule has 0 spiro atoms. The van der Waals surface area contributed by atoms with Gasteiger partial charge in [0, 0.05) is 27.2 Å². The van der Waals surface area contributed by atoms with Crippen LogP contribution in [0.4, 0.5) is 11.5 Å². The Morgan fingerprint density at radius 1 is 1.21 bits per heavy atom. The van der Waals surface area contributed by atoms with E-state index in [1.54, 1.807) is 0 Å². The minimum Gasteiger partial charge on any atom is -0.376 e. The van der Waals surface area contributed by atoms with Gasteiger partial charge in [0.1, 0.15) is 5.82 Å². The first kappa shape index (κ1) is 9.31. The van der Waals surface area contributed by atoms with Gasteiger partial charge in [0.05, 0.1) is 11.9 Å². The van der Waals surface area contributed by atoms with Crippen molar-refractivity contribution in [1.82, 2.24) is 4.98 Å². The molecule has 0 aromatic carbocycles. The van der Waals surface area contributed by atoms with Crippen LogP contribution in [0.3, 0.4) is 0 Å². The molecule has 14 heavy (non-hydrogen) atoms. The smallest absolute Gasteiger partial charge is 0.128 e. The summed E-state index contributed by atoms with van der Waals surface area (Å²) in [5.41, 5.74) is 1.16. The van der Waals surface area contributed by atoms with Gasteiger partial charge >= 0.3 is 0 Å². The topological polar surface area (TPSA) is 19.4 Å². The maximum atomic E-state index is 4.47. The summed E-state index contributed by atoms with van der Waals surface area (Å²) in [6, 6.07) is 4.24. The van der Waals surface area contributed by atoms with Gasteiger partial charge in [0.2, 0.25) is 0 Å². The predicted molar refractivity (Wildman–Crippen MR) is 60.0 cm³/mol. The Morgan fingerprint density at radius 2 is 1.93 bits per heavy atom. The van der Waals surface area contributed by atoms with Crippen LogP contribution in [-0.2, 0) is 0 Å². The molecule has 1 fully saturated rings. The Kier molecular flexibility index (Phi) is 2.57. The zero-order valence-corrected chi connectivity index (χ0v) is 8.90. The molecule has 76 valence electrons. The molecule has 3 heteroatoms. The second kappa shape index (κ2) is 3.86. The first-order valence-electron chi connectivity index (χ1n) is 5.16. The van der Waals surface area contributed by atoms with E-state index in [1.807, 2.05) is 20.3 Å². The lowest BCUT2D eigenvalue weighted by molar-refractivity contribution is 0.935. The van der Waals surface area contributed by atoms with Gasteiger partial charge in [-0.15, -0.1) is 0 Å². The second-order valence-electron chi connectivity index (χ2n) is 3.96. The zero-order chi connectivity index (χ0) is 9.97. The van der Waals surface area contributed by atoms with E-state index in [1.165, 1.54) is 12.8 Å². The standard InChI is InChI=1S/C11H17N3/c1-13(2)10-5-6-11(12-9-10)14-7-3-4-8-14/h5-6,9H,3-4,7-8H2,1-2H3. The van der Waals surface area contributed by atoms with E-state index < -0.39 is 0 Å². The number of hydrogen-bond acceptors (Lipinski definition) is 3. The van der Waals surface area contributed by atoms with Crippen LogP contribution >= 0.6 is 0 Å². The minimum absolute atomic E-state index is 1.12. The average Bonchev–Trinajstić information content (AvgIpc) is 2.71. The number of aromatic nitrogens is 1. The molecule has 1 aromatic heterocycles.